The van der Waals surface area contributed by atoms with Gasteiger partial charge in [0.05, 0.1) is 10.7 Å². The summed E-state index contributed by atoms with van der Waals surface area (Å²) in [6.07, 6.45) is 11.4. The van der Waals surface area contributed by atoms with Crippen molar-refractivity contribution in [3.8, 4) is 0 Å². The molecule has 28 heavy (non-hydrogen) atoms. The van der Waals surface area contributed by atoms with Gasteiger partial charge < -0.3 is 4.90 Å². The van der Waals surface area contributed by atoms with Crippen LogP contribution in [0.4, 0.5) is 0 Å². The lowest BCUT2D eigenvalue weighted by atomic mass is 9.83. The third-order valence-electron chi connectivity index (χ3n) is 6.10. The average Bonchev–Trinajstić information content (AvgIpc) is 3.14. The van der Waals surface area contributed by atoms with Crippen LogP contribution >= 0.6 is 11.6 Å². The first-order valence-corrected chi connectivity index (χ1v) is 11.9. The molecule has 152 valence electrons. The van der Waals surface area contributed by atoms with E-state index in [9.17, 15) is 13.2 Å². The van der Waals surface area contributed by atoms with Crippen molar-refractivity contribution in [1.82, 2.24) is 14.2 Å². The van der Waals surface area contributed by atoms with Crippen LogP contribution in [0.1, 0.15) is 50.1 Å². The van der Waals surface area contributed by atoms with Crippen LogP contribution in [0, 0.1) is 5.92 Å². The maximum absolute atomic E-state index is 13.3. The lowest BCUT2D eigenvalue weighted by Crippen LogP contribution is -2.50. The molecule has 0 spiro atoms. The lowest BCUT2D eigenvalue weighted by molar-refractivity contribution is -0.133. The summed E-state index contributed by atoms with van der Waals surface area (Å²) >= 11 is 6.07. The molecule has 2 aliphatic carbocycles. The monoisotopic (exact) mass is 423 g/mol. The second-order valence-electron chi connectivity index (χ2n) is 7.92. The number of carbonyl (C=O) groups is 1. The summed E-state index contributed by atoms with van der Waals surface area (Å²) in [5, 5.41) is 0.333. The van der Waals surface area contributed by atoms with Gasteiger partial charge in [-0.1, -0.05) is 30.2 Å². The van der Waals surface area contributed by atoms with E-state index in [0.717, 1.165) is 32.1 Å². The molecule has 2 fully saturated rings. The molecule has 4 rings (SSSR count). The summed E-state index contributed by atoms with van der Waals surface area (Å²) in [5.74, 6) is 0.648. The molecule has 0 radical (unpaired) electrons. The van der Waals surface area contributed by atoms with Crippen molar-refractivity contribution in [2.24, 2.45) is 5.92 Å². The second kappa shape index (κ2) is 8.13. The van der Waals surface area contributed by atoms with E-state index in [0.29, 0.717) is 49.2 Å². The summed E-state index contributed by atoms with van der Waals surface area (Å²) in [6.45, 7) is 1.49. The van der Waals surface area contributed by atoms with E-state index in [1.54, 1.807) is 4.90 Å². The fourth-order valence-electron chi connectivity index (χ4n) is 4.16. The van der Waals surface area contributed by atoms with Gasteiger partial charge in [-0.15, -0.1) is 0 Å². The largest absolute Gasteiger partial charge is 0.340 e. The molecule has 1 aromatic heterocycles. The zero-order valence-corrected chi connectivity index (χ0v) is 17.5. The Morgan fingerprint density at radius 3 is 2.54 bits per heavy atom. The van der Waals surface area contributed by atoms with Gasteiger partial charge in [0.15, 0.2) is 0 Å². The molecule has 0 aromatic carbocycles. The number of allylic oxidation sites excluding steroid dienone is 2. The Bertz CT molecular complexity index is 875. The molecular formula is C20H26ClN3O3S. The van der Waals surface area contributed by atoms with Crippen LogP contribution < -0.4 is 0 Å². The Balaban J connectivity index is 1.44. The highest BCUT2D eigenvalue weighted by Gasteiger charge is 2.35. The van der Waals surface area contributed by atoms with Crippen LogP contribution in [-0.2, 0) is 14.8 Å². The number of nitrogens with zero attached hydrogens (tertiary/aromatic N) is 3. The van der Waals surface area contributed by atoms with Crippen molar-refractivity contribution in [1.29, 1.82) is 0 Å². The first-order chi connectivity index (χ1) is 13.4. The number of aromatic nitrogens is 1. The van der Waals surface area contributed by atoms with Crippen LogP contribution in [-0.4, -0.2) is 54.7 Å². The number of piperazine rings is 1. The van der Waals surface area contributed by atoms with Crippen LogP contribution in [0.15, 0.2) is 29.3 Å². The van der Waals surface area contributed by atoms with Crippen LogP contribution in [0.5, 0.6) is 0 Å². The van der Waals surface area contributed by atoms with Gasteiger partial charge in [-0.05, 0) is 37.7 Å². The molecule has 1 saturated carbocycles. The van der Waals surface area contributed by atoms with Crippen molar-refractivity contribution >= 4 is 27.5 Å². The van der Waals surface area contributed by atoms with Gasteiger partial charge in [0.25, 0.3) is 0 Å². The first kappa shape index (κ1) is 19.9. The number of hydrogen-bond acceptors (Lipinski definition) is 4. The molecule has 1 aromatic rings. The van der Waals surface area contributed by atoms with E-state index in [-0.39, 0.29) is 16.7 Å². The molecule has 1 aliphatic heterocycles. The second-order valence-corrected chi connectivity index (χ2v) is 10.3. The van der Waals surface area contributed by atoms with Gasteiger partial charge in [0, 0.05) is 44.7 Å². The van der Waals surface area contributed by atoms with E-state index in [4.69, 9.17) is 11.6 Å². The Kier molecular flexibility index (Phi) is 5.76. The van der Waals surface area contributed by atoms with E-state index in [2.05, 4.69) is 17.1 Å². The summed E-state index contributed by atoms with van der Waals surface area (Å²) in [7, 11) is -3.67. The normalized spacial score (nSPS) is 23.8. The van der Waals surface area contributed by atoms with Crippen LogP contribution in [0.3, 0.4) is 0 Å². The first-order valence-electron chi connectivity index (χ1n) is 10.0. The minimum absolute atomic E-state index is 0.119. The smallest absolute Gasteiger partial charge is 0.245 e. The predicted molar refractivity (Wildman–Crippen MR) is 108 cm³/mol. The van der Waals surface area contributed by atoms with E-state index < -0.39 is 10.0 Å². The third-order valence-corrected chi connectivity index (χ3v) is 8.23. The summed E-state index contributed by atoms with van der Waals surface area (Å²) in [5.41, 5.74) is 0.641. The summed E-state index contributed by atoms with van der Waals surface area (Å²) < 4.78 is 28.0. The number of pyridine rings is 1. The minimum Gasteiger partial charge on any atom is -0.340 e. The Hall–Kier alpha value is -1.44. The minimum atomic E-state index is -3.67. The Labute approximate surface area is 171 Å². The number of hydrogen-bond donors (Lipinski definition) is 0. The number of amides is 1. The Morgan fingerprint density at radius 2 is 1.93 bits per heavy atom. The predicted octanol–water partition coefficient (Wildman–Crippen LogP) is 3.19. The fourth-order valence-corrected chi connectivity index (χ4v) is 6.07. The SMILES string of the molecule is O=C(CC1C=CCC1)N1CCN(S(=O)(=O)c2cc(Cl)cnc2C2CCC2)CC1. The molecule has 1 unspecified atom stereocenters. The highest BCUT2D eigenvalue weighted by atomic mass is 35.5. The molecule has 0 bridgehead atoms. The van der Waals surface area contributed by atoms with Gasteiger partial charge >= 0.3 is 0 Å². The zero-order chi connectivity index (χ0) is 19.7. The van der Waals surface area contributed by atoms with Gasteiger partial charge in [-0.2, -0.15) is 4.31 Å². The van der Waals surface area contributed by atoms with Gasteiger partial charge in [0.2, 0.25) is 15.9 Å². The number of sulfonamides is 1. The maximum atomic E-state index is 13.3. The van der Waals surface area contributed by atoms with E-state index >= 15 is 0 Å². The highest BCUT2D eigenvalue weighted by Crippen LogP contribution is 2.39. The lowest BCUT2D eigenvalue weighted by Gasteiger charge is -2.35. The molecule has 2 heterocycles. The molecule has 3 aliphatic rings. The number of halogens is 1. The number of carbonyl (C=O) groups excluding carboxylic acids is 1. The van der Waals surface area contributed by atoms with Crippen molar-refractivity contribution in [3.63, 3.8) is 0 Å². The molecular weight excluding hydrogens is 398 g/mol. The molecule has 0 N–H and O–H groups in total. The van der Waals surface area contributed by atoms with Gasteiger partial charge in [0.1, 0.15) is 4.90 Å². The van der Waals surface area contributed by atoms with E-state index in [1.165, 1.54) is 16.6 Å². The highest BCUT2D eigenvalue weighted by molar-refractivity contribution is 7.89. The van der Waals surface area contributed by atoms with Gasteiger partial charge in [-0.25, -0.2) is 8.42 Å². The van der Waals surface area contributed by atoms with Crippen molar-refractivity contribution in [2.75, 3.05) is 26.2 Å². The summed E-state index contributed by atoms with van der Waals surface area (Å²) in [6, 6.07) is 1.53. The molecule has 1 atom stereocenters. The standard InChI is InChI=1S/C20H26ClN3O3S/c21-17-13-18(20(22-14-17)16-6-3-7-16)28(26,27)24-10-8-23(9-11-24)19(25)12-15-4-1-2-5-15/h1,4,13-16H,2-3,5-12H2. The van der Waals surface area contributed by atoms with Gasteiger partial charge in [-0.3, -0.25) is 9.78 Å². The molecule has 6 nitrogen and oxygen atoms in total. The quantitative estimate of drug-likeness (QED) is 0.682. The Morgan fingerprint density at radius 1 is 1.18 bits per heavy atom. The average molecular weight is 424 g/mol. The topological polar surface area (TPSA) is 70.6 Å². The third kappa shape index (κ3) is 3.98. The van der Waals surface area contributed by atoms with Crippen molar-refractivity contribution in [2.45, 2.75) is 49.3 Å². The number of rotatable bonds is 5. The molecule has 1 amide bonds. The van der Waals surface area contributed by atoms with Crippen molar-refractivity contribution in [3.05, 3.63) is 35.1 Å². The fraction of sp³-hybridized carbons (Fsp3) is 0.600. The summed E-state index contributed by atoms with van der Waals surface area (Å²) in [4.78, 5) is 18.9. The zero-order valence-electron chi connectivity index (χ0n) is 15.9. The van der Waals surface area contributed by atoms with Crippen LogP contribution in [0.25, 0.3) is 0 Å². The molecule has 1 saturated heterocycles. The van der Waals surface area contributed by atoms with E-state index in [1.807, 2.05) is 0 Å². The van der Waals surface area contributed by atoms with Crippen LogP contribution in [0.2, 0.25) is 5.02 Å². The maximum Gasteiger partial charge on any atom is 0.245 e. The van der Waals surface area contributed by atoms with Crippen molar-refractivity contribution < 1.29 is 13.2 Å². The molecule has 8 heteroatoms.